The normalized spacial score (nSPS) is 13.9. The molecule has 0 unspecified atom stereocenters. The number of aliphatic imine (C=N–C) groups is 1. The number of nitrogens with one attached hydrogen (secondary N) is 1. The summed E-state index contributed by atoms with van der Waals surface area (Å²) in [6.07, 6.45) is 7.18. The predicted octanol–water partition coefficient (Wildman–Crippen LogP) is 4.34. The third-order valence-corrected chi connectivity index (χ3v) is 6.17. The van der Waals surface area contributed by atoms with E-state index < -0.39 is 0 Å². The third kappa shape index (κ3) is 3.11. The van der Waals surface area contributed by atoms with Crippen LogP contribution >= 0.6 is 0 Å². The van der Waals surface area contributed by atoms with Gasteiger partial charge in [0.05, 0.1) is 23.9 Å². The smallest absolute Gasteiger partial charge is 0.249 e. The summed E-state index contributed by atoms with van der Waals surface area (Å²) in [5.74, 6) is 2.56. The summed E-state index contributed by atoms with van der Waals surface area (Å²) >= 11 is 0. The minimum absolute atomic E-state index is 0.498. The summed E-state index contributed by atoms with van der Waals surface area (Å²) in [5.41, 5.74) is 4.92. The first-order valence-corrected chi connectivity index (χ1v) is 11.4. The van der Waals surface area contributed by atoms with Gasteiger partial charge in [-0.05, 0) is 43.3 Å². The van der Waals surface area contributed by atoms with E-state index in [-0.39, 0.29) is 0 Å². The number of benzene rings is 2. The van der Waals surface area contributed by atoms with Gasteiger partial charge in [0, 0.05) is 47.3 Å². The van der Waals surface area contributed by atoms with Gasteiger partial charge in [0.1, 0.15) is 0 Å². The summed E-state index contributed by atoms with van der Waals surface area (Å²) in [5, 5.41) is 12.9. The molecular weight excluding hydrogens is 440 g/mol. The lowest BCUT2D eigenvalue weighted by Crippen LogP contribution is -2.40. The molecule has 35 heavy (non-hydrogen) atoms. The molecule has 5 aromatic rings. The molecule has 10 heteroatoms. The molecule has 3 aromatic heterocycles. The van der Waals surface area contributed by atoms with Crippen LogP contribution in [0, 0.1) is 0 Å². The lowest BCUT2D eigenvalue weighted by atomic mass is 10.1. The fourth-order valence-corrected chi connectivity index (χ4v) is 4.56. The Morgan fingerprint density at radius 3 is 2.74 bits per heavy atom. The molecule has 0 saturated heterocycles. The Hall–Kier alpha value is -4.86. The first-order valence-electron chi connectivity index (χ1n) is 11.4. The molecule has 1 N–H and O–H groups in total. The van der Waals surface area contributed by atoms with Gasteiger partial charge in [-0.15, -0.1) is 0 Å². The zero-order chi connectivity index (χ0) is 23.4. The number of para-hydroxylation sites is 1. The van der Waals surface area contributed by atoms with Crippen molar-refractivity contribution in [2.24, 2.45) is 4.99 Å². The summed E-state index contributed by atoms with van der Waals surface area (Å²) < 4.78 is 1.97. The number of aromatic nitrogens is 6. The molecule has 2 aromatic carbocycles. The van der Waals surface area contributed by atoms with Gasteiger partial charge >= 0.3 is 0 Å². The minimum Gasteiger partial charge on any atom is -0.324 e. The number of aryl methyl sites for hydroxylation is 1. The summed E-state index contributed by atoms with van der Waals surface area (Å²) in [6, 6.07) is 16.0. The van der Waals surface area contributed by atoms with Crippen LogP contribution in [0.4, 0.5) is 29.1 Å². The van der Waals surface area contributed by atoms with Gasteiger partial charge in [-0.1, -0.05) is 12.1 Å². The second kappa shape index (κ2) is 7.59. The Morgan fingerprint density at radius 1 is 0.971 bits per heavy atom. The van der Waals surface area contributed by atoms with Crippen molar-refractivity contribution in [1.82, 2.24) is 34.7 Å². The van der Waals surface area contributed by atoms with Crippen LogP contribution in [-0.4, -0.2) is 40.6 Å². The average Bonchev–Trinajstić information content (AvgIpc) is 3.46. The van der Waals surface area contributed by atoms with Gasteiger partial charge in [-0.25, -0.2) is 25.0 Å². The van der Waals surface area contributed by atoms with Crippen molar-refractivity contribution in [2.45, 2.75) is 20.0 Å². The summed E-state index contributed by atoms with van der Waals surface area (Å²) in [6.45, 7) is 3.47. The quantitative estimate of drug-likeness (QED) is 0.423. The van der Waals surface area contributed by atoms with Gasteiger partial charge in [-0.2, -0.15) is 10.1 Å². The van der Waals surface area contributed by atoms with Crippen LogP contribution in [0.5, 0.6) is 0 Å². The minimum atomic E-state index is 0.498. The number of hydrazine groups is 1. The topological polar surface area (TPSA) is 100 Å². The van der Waals surface area contributed by atoms with E-state index in [1.165, 1.54) is 0 Å². The van der Waals surface area contributed by atoms with E-state index in [0.29, 0.717) is 24.3 Å². The van der Waals surface area contributed by atoms with E-state index in [1.807, 2.05) is 52.4 Å². The van der Waals surface area contributed by atoms with Crippen molar-refractivity contribution in [3.63, 3.8) is 0 Å². The highest BCUT2D eigenvalue weighted by molar-refractivity contribution is 6.10. The third-order valence-electron chi connectivity index (χ3n) is 6.17. The maximum absolute atomic E-state index is 4.93. The van der Waals surface area contributed by atoms with Crippen LogP contribution in [0.15, 0.2) is 78.3 Å². The van der Waals surface area contributed by atoms with Crippen molar-refractivity contribution in [2.75, 3.05) is 10.3 Å². The molecule has 0 atom stereocenters. The molecule has 2 aliphatic heterocycles. The molecule has 0 spiro atoms. The highest BCUT2D eigenvalue weighted by Gasteiger charge is 2.38. The number of fused-ring (bicyclic) bond motifs is 5. The molecule has 2 aliphatic rings. The fraction of sp³-hybridized carbons (Fsp3) is 0.120. The van der Waals surface area contributed by atoms with Crippen molar-refractivity contribution >= 4 is 45.8 Å². The number of rotatable bonds is 4. The molecule has 0 fully saturated rings. The number of hydrogen-bond acceptors (Lipinski definition) is 9. The Morgan fingerprint density at radius 2 is 1.86 bits per heavy atom. The fourth-order valence-electron chi connectivity index (χ4n) is 4.56. The number of nitrogens with zero attached hydrogens (tertiary/aromatic N) is 9. The SMILES string of the molecule is CCn1ncc2cc(Nc3ncc4c(n3)N=C3c5ccccc5N(c5ncccn5)N3C4)ccc21. The van der Waals surface area contributed by atoms with Crippen molar-refractivity contribution < 1.29 is 0 Å². The van der Waals surface area contributed by atoms with Crippen molar-refractivity contribution in [3.8, 4) is 0 Å². The van der Waals surface area contributed by atoms with Gasteiger partial charge in [0.25, 0.3) is 0 Å². The van der Waals surface area contributed by atoms with E-state index in [9.17, 15) is 0 Å². The van der Waals surface area contributed by atoms with Crippen LogP contribution in [0.2, 0.25) is 0 Å². The zero-order valence-corrected chi connectivity index (χ0v) is 18.9. The molecule has 0 amide bonds. The number of hydrogen-bond donors (Lipinski definition) is 1. The largest absolute Gasteiger partial charge is 0.324 e. The first-order chi connectivity index (χ1) is 17.3. The second-order valence-electron chi connectivity index (χ2n) is 8.27. The standard InChI is InChI=1S/C25H20N10/c1-2-33-20-9-8-18(12-16(20)14-29-33)30-24-28-13-17-15-34-23(31-22(17)32-24)19-6-3-4-7-21(19)35(34)25-26-10-5-11-27-25/h3-14H,2,15H2,1H3,(H,28,30,32). The molecule has 0 bridgehead atoms. The molecule has 0 aliphatic carbocycles. The van der Waals surface area contributed by atoms with Crippen LogP contribution < -0.4 is 10.3 Å². The molecule has 5 heterocycles. The lowest BCUT2D eigenvalue weighted by molar-refractivity contribution is 0.421. The van der Waals surface area contributed by atoms with E-state index in [0.717, 1.165) is 45.8 Å². The molecule has 10 nitrogen and oxygen atoms in total. The maximum atomic E-state index is 4.93. The Balaban J connectivity index is 1.24. The highest BCUT2D eigenvalue weighted by atomic mass is 15.7. The number of anilines is 4. The maximum Gasteiger partial charge on any atom is 0.249 e. The first kappa shape index (κ1) is 19.6. The van der Waals surface area contributed by atoms with Gasteiger partial charge in [0.2, 0.25) is 11.9 Å². The van der Waals surface area contributed by atoms with E-state index in [4.69, 9.17) is 9.98 Å². The van der Waals surface area contributed by atoms with Gasteiger partial charge in [0.15, 0.2) is 11.7 Å². The molecule has 0 radical (unpaired) electrons. The highest BCUT2D eigenvalue weighted by Crippen LogP contribution is 2.40. The predicted molar refractivity (Wildman–Crippen MR) is 133 cm³/mol. The number of amidine groups is 1. The van der Waals surface area contributed by atoms with Gasteiger partial charge < -0.3 is 5.32 Å². The van der Waals surface area contributed by atoms with Crippen LogP contribution in [0.3, 0.4) is 0 Å². The summed E-state index contributed by atoms with van der Waals surface area (Å²) in [4.78, 5) is 23.2. The van der Waals surface area contributed by atoms with Crippen molar-refractivity contribution in [3.05, 3.63) is 84.4 Å². The molecule has 7 rings (SSSR count). The zero-order valence-electron chi connectivity index (χ0n) is 18.9. The van der Waals surface area contributed by atoms with E-state index >= 15 is 0 Å². The second-order valence-corrected chi connectivity index (χ2v) is 8.27. The van der Waals surface area contributed by atoms with E-state index in [2.05, 4.69) is 55.5 Å². The monoisotopic (exact) mass is 460 g/mol. The van der Waals surface area contributed by atoms with E-state index in [1.54, 1.807) is 12.4 Å². The lowest BCUT2D eigenvalue weighted by Gasteiger charge is -2.32. The Kier molecular flexibility index (Phi) is 4.25. The molecule has 170 valence electrons. The van der Waals surface area contributed by atoms with Crippen LogP contribution in [-0.2, 0) is 13.1 Å². The van der Waals surface area contributed by atoms with Gasteiger partial charge in [-0.3, -0.25) is 9.69 Å². The van der Waals surface area contributed by atoms with Crippen molar-refractivity contribution in [1.29, 1.82) is 0 Å². The van der Waals surface area contributed by atoms with Crippen LogP contribution in [0.1, 0.15) is 18.1 Å². The Bertz CT molecular complexity index is 1610. The molecule has 0 saturated carbocycles. The Labute approximate surface area is 200 Å². The molecular formula is C25H20N10. The van der Waals surface area contributed by atoms with Crippen LogP contribution in [0.25, 0.3) is 10.9 Å². The average molecular weight is 461 g/mol. The summed E-state index contributed by atoms with van der Waals surface area (Å²) in [7, 11) is 0.